The zero-order valence-corrected chi connectivity index (χ0v) is 16.0. The van der Waals surface area contributed by atoms with E-state index >= 15 is 0 Å². The molecule has 1 N–H and O–H groups in total. The van der Waals surface area contributed by atoms with Crippen LogP contribution in [0.5, 0.6) is 0 Å². The van der Waals surface area contributed by atoms with Crippen molar-refractivity contribution < 1.29 is 9.84 Å². The fourth-order valence-corrected chi connectivity index (χ4v) is 3.52. The standard InChI is InChI=1S/C25H23NO2/c1-18(2)28-23-22(19-12-6-3-7-13-19)25(27,20-14-8-4-9-15-20)24(23)26-21-16-10-5-11-17-21/h3-18,27H,1-2H3. The van der Waals surface area contributed by atoms with Crippen LogP contribution in [0.25, 0.3) is 5.57 Å². The second-order valence-electron chi connectivity index (χ2n) is 7.11. The minimum Gasteiger partial charge on any atom is -0.488 e. The molecule has 0 aromatic heterocycles. The lowest BCUT2D eigenvalue weighted by atomic mass is 9.68. The lowest BCUT2D eigenvalue weighted by Crippen LogP contribution is -2.48. The quantitative estimate of drug-likeness (QED) is 0.645. The van der Waals surface area contributed by atoms with Gasteiger partial charge in [-0.25, -0.2) is 4.99 Å². The van der Waals surface area contributed by atoms with E-state index in [-0.39, 0.29) is 6.10 Å². The molecule has 3 aromatic carbocycles. The Labute approximate surface area is 165 Å². The van der Waals surface area contributed by atoms with E-state index in [4.69, 9.17) is 9.73 Å². The largest absolute Gasteiger partial charge is 0.488 e. The van der Waals surface area contributed by atoms with Crippen molar-refractivity contribution in [1.29, 1.82) is 0 Å². The van der Waals surface area contributed by atoms with Crippen molar-refractivity contribution in [2.75, 3.05) is 0 Å². The molecule has 28 heavy (non-hydrogen) atoms. The van der Waals surface area contributed by atoms with Crippen molar-refractivity contribution in [3.05, 3.63) is 108 Å². The predicted molar refractivity (Wildman–Crippen MR) is 113 cm³/mol. The molecule has 0 spiro atoms. The number of hydrogen-bond donors (Lipinski definition) is 1. The van der Waals surface area contributed by atoms with Crippen molar-refractivity contribution in [2.24, 2.45) is 4.99 Å². The number of aliphatic hydroxyl groups is 1. The average Bonchev–Trinajstić information content (AvgIpc) is 2.73. The van der Waals surface area contributed by atoms with E-state index in [1.807, 2.05) is 105 Å². The lowest BCUT2D eigenvalue weighted by molar-refractivity contribution is 0.112. The third-order valence-electron chi connectivity index (χ3n) is 4.75. The Bertz CT molecular complexity index is 1010. The van der Waals surface area contributed by atoms with Gasteiger partial charge in [0.25, 0.3) is 0 Å². The number of rotatable bonds is 5. The van der Waals surface area contributed by atoms with Crippen molar-refractivity contribution in [3.8, 4) is 0 Å². The van der Waals surface area contributed by atoms with Gasteiger partial charge in [0.05, 0.1) is 11.8 Å². The number of nitrogens with zero attached hydrogens (tertiary/aromatic N) is 1. The van der Waals surface area contributed by atoms with Crippen LogP contribution >= 0.6 is 0 Å². The molecule has 3 heteroatoms. The SMILES string of the molecule is CC(C)OC1=C(c2ccccc2)C(O)(c2ccccc2)C1=Nc1ccccc1. The van der Waals surface area contributed by atoms with Crippen LogP contribution < -0.4 is 0 Å². The van der Waals surface area contributed by atoms with E-state index in [0.717, 1.165) is 22.4 Å². The van der Waals surface area contributed by atoms with Gasteiger partial charge in [-0.3, -0.25) is 0 Å². The highest BCUT2D eigenvalue weighted by molar-refractivity contribution is 6.26. The Morgan fingerprint density at radius 1 is 0.786 bits per heavy atom. The van der Waals surface area contributed by atoms with Crippen LogP contribution in [-0.4, -0.2) is 16.9 Å². The predicted octanol–water partition coefficient (Wildman–Crippen LogP) is 5.50. The summed E-state index contributed by atoms with van der Waals surface area (Å²) in [5, 5.41) is 11.9. The first-order valence-electron chi connectivity index (χ1n) is 9.50. The normalized spacial score (nSPS) is 20.4. The number of ether oxygens (including phenoxy) is 1. The van der Waals surface area contributed by atoms with Gasteiger partial charge in [-0.05, 0) is 37.1 Å². The van der Waals surface area contributed by atoms with Gasteiger partial charge in [-0.2, -0.15) is 0 Å². The fourth-order valence-electron chi connectivity index (χ4n) is 3.52. The Hall–Kier alpha value is -3.17. The molecule has 0 fully saturated rings. The van der Waals surface area contributed by atoms with Crippen LogP contribution in [0.15, 0.2) is 102 Å². The highest BCUT2D eigenvalue weighted by Crippen LogP contribution is 2.51. The summed E-state index contributed by atoms with van der Waals surface area (Å²) in [7, 11) is 0. The molecule has 3 aromatic rings. The number of benzene rings is 3. The summed E-state index contributed by atoms with van der Waals surface area (Å²) >= 11 is 0. The maximum Gasteiger partial charge on any atom is 0.165 e. The van der Waals surface area contributed by atoms with Gasteiger partial charge in [0.15, 0.2) is 11.4 Å². The van der Waals surface area contributed by atoms with E-state index in [1.165, 1.54) is 0 Å². The molecule has 0 heterocycles. The summed E-state index contributed by atoms with van der Waals surface area (Å²) in [5.41, 5.74) is 2.45. The van der Waals surface area contributed by atoms with Crippen LogP contribution in [0.1, 0.15) is 25.0 Å². The van der Waals surface area contributed by atoms with Crippen LogP contribution in [-0.2, 0) is 10.3 Å². The van der Waals surface area contributed by atoms with Gasteiger partial charge >= 0.3 is 0 Å². The fraction of sp³-hybridized carbons (Fsp3) is 0.160. The Morgan fingerprint density at radius 2 is 1.32 bits per heavy atom. The molecule has 1 atom stereocenters. The first-order chi connectivity index (χ1) is 13.6. The summed E-state index contributed by atoms with van der Waals surface area (Å²) in [6.45, 7) is 3.96. The summed E-state index contributed by atoms with van der Waals surface area (Å²) in [6.07, 6.45) is -0.0324. The highest BCUT2D eigenvalue weighted by atomic mass is 16.5. The van der Waals surface area contributed by atoms with Crippen LogP contribution in [0.3, 0.4) is 0 Å². The first-order valence-corrected chi connectivity index (χ1v) is 9.50. The zero-order chi connectivity index (χ0) is 19.6. The molecule has 3 nitrogen and oxygen atoms in total. The maximum absolute atomic E-state index is 11.9. The number of aliphatic imine (C=N–C) groups is 1. The Morgan fingerprint density at radius 3 is 1.89 bits per heavy atom. The van der Waals surface area contributed by atoms with Crippen LogP contribution in [0.4, 0.5) is 5.69 Å². The molecule has 0 aliphatic heterocycles. The molecule has 0 saturated carbocycles. The lowest BCUT2D eigenvalue weighted by Gasteiger charge is -2.43. The van der Waals surface area contributed by atoms with Crippen molar-refractivity contribution >= 4 is 17.0 Å². The average molecular weight is 369 g/mol. The molecule has 0 bridgehead atoms. The van der Waals surface area contributed by atoms with E-state index < -0.39 is 5.60 Å². The molecule has 1 unspecified atom stereocenters. The number of hydrogen-bond acceptors (Lipinski definition) is 3. The topological polar surface area (TPSA) is 41.8 Å². The van der Waals surface area contributed by atoms with E-state index in [9.17, 15) is 5.11 Å². The summed E-state index contributed by atoms with van der Waals surface area (Å²) in [6, 6.07) is 29.2. The van der Waals surface area contributed by atoms with Crippen molar-refractivity contribution in [3.63, 3.8) is 0 Å². The Kier molecular flexibility index (Phi) is 4.84. The second-order valence-corrected chi connectivity index (χ2v) is 7.11. The minimum atomic E-state index is -1.33. The molecular weight excluding hydrogens is 346 g/mol. The summed E-state index contributed by atoms with van der Waals surface area (Å²) < 4.78 is 6.14. The van der Waals surface area contributed by atoms with E-state index in [0.29, 0.717) is 11.5 Å². The Balaban J connectivity index is 1.96. The maximum atomic E-state index is 11.9. The monoisotopic (exact) mass is 369 g/mol. The first kappa shape index (κ1) is 18.2. The molecule has 0 amide bonds. The molecule has 4 rings (SSSR count). The van der Waals surface area contributed by atoms with Gasteiger partial charge in [-0.1, -0.05) is 78.9 Å². The van der Waals surface area contributed by atoms with Gasteiger partial charge in [0, 0.05) is 5.57 Å². The molecule has 1 aliphatic carbocycles. The highest BCUT2D eigenvalue weighted by Gasteiger charge is 2.54. The van der Waals surface area contributed by atoms with Crippen LogP contribution in [0.2, 0.25) is 0 Å². The molecule has 1 aliphatic rings. The van der Waals surface area contributed by atoms with Crippen molar-refractivity contribution in [2.45, 2.75) is 25.6 Å². The second kappa shape index (κ2) is 7.45. The molecule has 140 valence electrons. The smallest absolute Gasteiger partial charge is 0.165 e. The summed E-state index contributed by atoms with van der Waals surface area (Å²) in [5.74, 6) is 0.649. The van der Waals surface area contributed by atoms with Gasteiger partial charge in [0.2, 0.25) is 0 Å². The third kappa shape index (κ3) is 3.14. The zero-order valence-electron chi connectivity index (χ0n) is 16.0. The van der Waals surface area contributed by atoms with E-state index in [1.54, 1.807) is 0 Å². The molecule has 0 saturated heterocycles. The minimum absolute atomic E-state index is 0.0324. The third-order valence-corrected chi connectivity index (χ3v) is 4.75. The van der Waals surface area contributed by atoms with Crippen LogP contribution in [0, 0.1) is 0 Å². The number of para-hydroxylation sites is 1. The van der Waals surface area contributed by atoms with Gasteiger partial charge in [-0.15, -0.1) is 0 Å². The molecule has 0 radical (unpaired) electrons. The van der Waals surface area contributed by atoms with Gasteiger partial charge in [0.1, 0.15) is 5.71 Å². The van der Waals surface area contributed by atoms with Crippen molar-refractivity contribution in [1.82, 2.24) is 0 Å². The molecular formula is C25H23NO2. The van der Waals surface area contributed by atoms with E-state index in [2.05, 4.69) is 0 Å². The summed E-state index contributed by atoms with van der Waals surface area (Å²) in [4.78, 5) is 4.79. The van der Waals surface area contributed by atoms with Gasteiger partial charge < -0.3 is 9.84 Å².